The van der Waals surface area contributed by atoms with Crippen LogP contribution in [0.3, 0.4) is 0 Å². The van der Waals surface area contributed by atoms with Gasteiger partial charge in [0.2, 0.25) is 0 Å². The number of benzene rings is 2. The number of anilines is 1. The molecule has 2 aliphatic heterocycles. The molecule has 2 aromatic carbocycles. The Labute approximate surface area is 191 Å². The van der Waals surface area contributed by atoms with Gasteiger partial charge >= 0.3 is 0 Å². The minimum Gasteiger partial charge on any atom is -0.378 e. The zero-order valence-corrected chi connectivity index (χ0v) is 19.9. The van der Waals surface area contributed by atoms with Crippen molar-refractivity contribution in [1.29, 1.82) is 0 Å². The van der Waals surface area contributed by atoms with Crippen molar-refractivity contribution < 1.29 is 4.79 Å². The number of carbonyl (C=O) groups is 1. The molecule has 2 fully saturated rings. The standard InChI is InChI=1S/C26H34ClN3O/c1-19(2)17-30-18-26(24(30)20-5-9-22(27)10-6-20)13-15-29(16-14-26)25(31)21-7-11-23(12-8-21)28(3)4/h5-12,19,24H,13-18H2,1-4H3. The van der Waals surface area contributed by atoms with E-state index in [0.717, 1.165) is 55.3 Å². The summed E-state index contributed by atoms with van der Waals surface area (Å²) in [7, 11) is 4.03. The van der Waals surface area contributed by atoms with Crippen molar-refractivity contribution in [2.45, 2.75) is 32.7 Å². The van der Waals surface area contributed by atoms with Gasteiger partial charge < -0.3 is 9.80 Å². The van der Waals surface area contributed by atoms with Gasteiger partial charge in [0, 0.05) is 68.0 Å². The van der Waals surface area contributed by atoms with Gasteiger partial charge in [0.25, 0.3) is 5.91 Å². The number of piperidine rings is 1. The number of hydrogen-bond donors (Lipinski definition) is 0. The molecule has 1 amide bonds. The van der Waals surface area contributed by atoms with Crippen LogP contribution < -0.4 is 4.90 Å². The van der Waals surface area contributed by atoms with E-state index in [4.69, 9.17) is 11.6 Å². The number of amides is 1. The lowest BCUT2D eigenvalue weighted by Crippen LogP contribution is -2.63. The molecule has 2 heterocycles. The Morgan fingerprint density at radius 3 is 2.23 bits per heavy atom. The second-order valence-corrected chi connectivity index (χ2v) is 10.3. The van der Waals surface area contributed by atoms with E-state index in [2.05, 4.69) is 35.8 Å². The van der Waals surface area contributed by atoms with E-state index in [1.807, 2.05) is 55.4 Å². The van der Waals surface area contributed by atoms with E-state index in [0.29, 0.717) is 12.0 Å². The molecule has 5 heteroatoms. The Morgan fingerprint density at radius 2 is 1.68 bits per heavy atom. The van der Waals surface area contributed by atoms with E-state index in [-0.39, 0.29) is 11.3 Å². The van der Waals surface area contributed by atoms with Crippen molar-refractivity contribution in [2.24, 2.45) is 11.3 Å². The molecule has 4 rings (SSSR count). The molecule has 0 radical (unpaired) electrons. The Hall–Kier alpha value is -2.04. The topological polar surface area (TPSA) is 26.8 Å². The smallest absolute Gasteiger partial charge is 0.253 e. The molecule has 2 aromatic rings. The molecule has 0 aliphatic carbocycles. The van der Waals surface area contributed by atoms with Gasteiger partial charge in [-0.15, -0.1) is 0 Å². The molecule has 0 aromatic heterocycles. The first kappa shape index (κ1) is 22.2. The summed E-state index contributed by atoms with van der Waals surface area (Å²) in [5.41, 5.74) is 3.51. The van der Waals surface area contributed by atoms with Crippen molar-refractivity contribution in [3.8, 4) is 0 Å². The van der Waals surface area contributed by atoms with Crippen LogP contribution in [0.15, 0.2) is 48.5 Å². The predicted octanol–water partition coefficient (Wildman–Crippen LogP) is 5.34. The summed E-state index contributed by atoms with van der Waals surface area (Å²) in [6.07, 6.45) is 2.10. The van der Waals surface area contributed by atoms with Crippen LogP contribution in [0.2, 0.25) is 5.02 Å². The molecule has 2 aliphatic rings. The van der Waals surface area contributed by atoms with Gasteiger partial charge in [-0.2, -0.15) is 0 Å². The van der Waals surface area contributed by atoms with Gasteiger partial charge in [-0.05, 0) is 60.7 Å². The van der Waals surface area contributed by atoms with Crippen LogP contribution in [0.25, 0.3) is 0 Å². The molecular formula is C26H34ClN3O. The highest BCUT2D eigenvalue weighted by Crippen LogP contribution is 2.55. The maximum Gasteiger partial charge on any atom is 0.253 e. The summed E-state index contributed by atoms with van der Waals surface area (Å²) in [6.45, 7) is 8.45. The van der Waals surface area contributed by atoms with Crippen molar-refractivity contribution in [3.05, 3.63) is 64.7 Å². The third-order valence-corrected chi connectivity index (χ3v) is 7.18. The van der Waals surface area contributed by atoms with Gasteiger partial charge in [-0.3, -0.25) is 9.69 Å². The zero-order chi connectivity index (χ0) is 22.2. The lowest BCUT2D eigenvalue weighted by Gasteiger charge is -2.61. The van der Waals surface area contributed by atoms with Gasteiger partial charge in [-0.1, -0.05) is 37.6 Å². The van der Waals surface area contributed by atoms with Crippen molar-refractivity contribution in [3.63, 3.8) is 0 Å². The monoisotopic (exact) mass is 439 g/mol. The third-order valence-electron chi connectivity index (χ3n) is 6.93. The Bertz CT molecular complexity index is 899. The van der Waals surface area contributed by atoms with Crippen LogP contribution in [-0.4, -0.2) is 56.0 Å². The van der Waals surface area contributed by atoms with Gasteiger partial charge in [0.15, 0.2) is 0 Å². The number of halogens is 1. The lowest BCUT2D eigenvalue weighted by molar-refractivity contribution is -0.112. The molecule has 166 valence electrons. The number of likely N-dealkylation sites (tertiary alicyclic amines) is 2. The van der Waals surface area contributed by atoms with Crippen LogP contribution in [0, 0.1) is 11.3 Å². The fourth-order valence-corrected chi connectivity index (χ4v) is 5.50. The SMILES string of the molecule is CC(C)CN1CC2(CCN(C(=O)c3ccc(N(C)C)cc3)CC2)C1c1ccc(Cl)cc1. The molecule has 1 unspecified atom stereocenters. The maximum absolute atomic E-state index is 13.1. The van der Waals surface area contributed by atoms with Crippen LogP contribution in [-0.2, 0) is 0 Å². The van der Waals surface area contributed by atoms with Gasteiger partial charge in [-0.25, -0.2) is 0 Å². The van der Waals surface area contributed by atoms with Crippen LogP contribution in [0.4, 0.5) is 5.69 Å². The zero-order valence-electron chi connectivity index (χ0n) is 19.1. The average Bonchev–Trinajstić information content (AvgIpc) is 2.74. The van der Waals surface area contributed by atoms with E-state index < -0.39 is 0 Å². The molecule has 0 saturated carbocycles. The quantitative estimate of drug-likeness (QED) is 0.629. The lowest BCUT2D eigenvalue weighted by atomic mass is 9.63. The first-order valence-electron chi connectivity index (χ1n) is 11.4. The Balaban J connectivity index is 1.46. The molecule has 0 bridgehead atoms. The largest absolute Gasteiger partial charge is 0.378 e. The third kappa shape index (κ3) is 4.47. The highest BCUT2D eigenvalue weighted by molar-refractivity contribution is 6.30. The summed E-state index contributed by atoms with van der Waals surface area (Å²) in [5.74, 6) is 0.792. The number of nitrogens with zero attached hydrogens (tertiary/aromatic N) is 3. The highest BCUT2D eigenvalue weighted by Gasteiger charge is 2.54. The van der Waals surface area contributed by atoms with E-state index in [1.54, 1.807) is 0 Å². The van der Waals surface area contributed by atoms with Crippen molar-refractivity contribution in [2.75, 3.05) is 45.2 Å². The van der Waals surface area contributed by atoms with E-state index in [9.17, 15) is 4.79 Å². The molecule has 0 N–H and O–H groups in total. The summed E-state index contributed by atoms with van der Waals surface area (Å²) in [6, 6.07) is 16.7. The number of carbonyl (C=O) groups excluding carboxylic acids is 1. The van der Waals surface area contributed by atoms with Gasteiger partial charge in [0.05, 0.1) is 0 Å². The fourth-order valence-electron chi connectivity index (χ4n) is 5.38. The first-order chi connectivity index (χ1) is 14.8. The van der Waals surface area contributed by atoms with Crippen LogP contribution in [0.1, 0.15) is 48.7 Å². The summed E-state index contributed by atoms with van der Waals surface area (Å²) >= 11 is 6.15. The van der Waals surface area contributed by atoms with E-state index in [1.165, 1.54) is 5.56 Å². The van der Waals surface area contributed by atoms with Crippen LogP contribution >= 0.6 is 11.6 Å². The average molecular weight is 440 g/mol. The maximum atomic E-state index is 13.1. The normalized spacial score (nSPS) is 20.7. The number of rotatable bonds is 5. The highest BCUT2D eigenvalue weighted by atomic mass is 35.5. The molecule has 4 nitrogen and oxygen atoms in total. The molecule has 31 heavy (non-hydrogen) atoms. The van der Waals surface area contributed by atoms with E-state index >= 15 is 0 Å². The minimum absolute atomic E-state index is 0.154. The summed E-state index contributed by atoms with van der Waals surface area (Å²) < 4.78 is 0. The summed E-state index contributed by atoms with van der Waals surface area (Å²) in [4.78, 5) is 19.8. The van der Waals surface area contributed by atoms with Gasteiger partial charge in [0.1, 0.15) is 0 Å². The Morgan fingerprint density at radius 1 is 1.06 bits per heavy atom. The fraction of sp³-hybridized carbons (Fsp3) is 0.500. The minimum atomic E-state index is 0.154. The summed E-state index contributed by atoms with van der Waals surface area (Å²) in [5, 5.41) is 0.785. The second kappa shape index (κ2) is 8.84. The first-order valence-corrected chi connectivity index (χ1v) is 11.7. The predicted molar refractivity (Wildman–Crippen MR) is 129 cm³/mol. The second-order valence-electron chi connectivity index (χ2n) is 9.87. The number of hydrogen-bond acceptors (Lipinski definition) is 3. The van der Waals surface area contributed by atoms with Crippen molar-refractivity contribution in [1.82, 2.24) is 9.80 Å². The molecule has 2 saturated heterocycles. The Kier molecular flexibility index (Phi) is 6.32. The van der Waals surface area contributed by atoms with Crippen molar-refractivity contribution >= 4 is 23.2 Å². The molecule has 1 spiro atoms. The molecular weight excluding hydrogens is 406 g/mol. The van der Waals surface area contributed by atoms with Crippen LogP contribution in [0.5, 0.6) is 0 Å². The molecule has 1 atom stereocenters.